The van der Waals surface area contributed by atoms with Gasteiger partial charge in [-0.1, -0.05) is 6.07 Å². The average Bonchev–Trinajstić information content (AvgIpc) is 3.28. The number of aromatic nitrogens is 2. The first-order chi connectivity index (χ1) is 12.6. The van der Waals surface area contributed by atoms with Crippen LogP contribution in [-0.2, 0) is 11.3 Å². The van der Waals surface area contributed by atoms with Crippen LogP contribution in [0.3, 0.4) is 0 Å². The molecule has 2 aliphatic rings. The number of nitrogens with zero attached hydrogens (tertiary/aromatic N) is 4. The molecule has 0 amide bonds. The Labute approximate surface area is 153 Å². The van der Waals surface area contributed by atoms with Gasteiger partial charge in [0.25, 0.3) is 0 Å². The molecule has 0 unspecified atom stereocenters. The quantitative estimate of drug-likeness (QED) is 0.828. The molecule has 0 saturated carbocycles. The van der Waals surface area contributed by atoms with Gasteiger partial charge in [-0.2, -0.15) is 0 Å². The first-order valence-corrected chi connectivity index (χ1v) is 9.08. The Morgan fingerprint density at radius 2 is 2.08 bits per heavy atom. The molecule has 1 aromatic carbocycles. The number of fused-ring (bicyclic) bond motifs is 1. The largest absolute Gasteiger partial charge is 0.491 e. The number of hydrogen-bond acceptors (Lipinski definition) is 6. The zero-order chi connectivity index (χ0) is 18.1. The van der Waals surface area contributed by atoms with Gasteiger partial charge in [0.2, 0.25) is 0 Å². The predicted molar refractivity (Wildman–Crippen MR) is 101 cm³/mol. The van der Waals surface area contributed by atoms with E-state index in [0.29, 0.717) is 6.54 Å². The van der Waals surface area contributed by atoms with Crippen molar-refractivity contribution in [2.45, 2.75) is 39.0 Å². The Morgan fingerprint density at radius 3 is 2.85 bits per heavy atom. The summed E-state index contributed by atoms with van der Waals surface area (Å²) in [4.78, 5) is 15.9. The average molecular weight is 352 g/mol. The Morgan fingerprint density at radius 1 is 1.19 bits per heavy atom. The second kappa shape index (κ2) is 7.03. The van der Waals surface area contributed by atoms with E-state index >= 15 is 0 Å². The Hall–Kier alpha value is -2.47. The second-order valence-corrected chi connectivity index (χ2v) is 7.00. The molecule has 0 N–H and O–H groups in total. The second-order valence-electron chi connectivity index (χ2n) is 7.00. The van der Waals surface area contributed by atoms with Gasteiger partial charge in [0.1, 0.15) is 17.9 Å². The van der Waals surface area contributed by atoms with E-state index in [9.17, 15) is 0 Å². The van der Waals surface area contributed by atoms with Gasteiger partial charge in [-0.3, -0.25) is 4.99 Å². The summed E-state index contributed by atoms with van der Waals surface area (Å²) in [5.41, 5.74) is 4.08. The first kappa shape index (κ1) is 17.0. The molecule has 26 heavy (non-hydrogen) atoms. The maximum Gasteiger partial charge on any atom is 0.132 e. The van der Waals surface area contributed by atoms with Gasteiger partial charge in [0.05, 0.1) is 30.2 Å². The van der Waals surface area contributed by atoms with E-state index in [-0.39, 0.29) is 12.2 Å². The van der Waals surface area contributed by atoms with Gasteiger partial charge in [0.15, 0.2) is 0 Å². The third-order valence-electron chi connectivity index (χ3n) is 4.81. The highest BCUT2D eigenvalue weighted by atomic mass is 16.5. The number of hydrogen-bond donors (Lipinski definition) is 0. The van der Waals surface area contributed by atoms with Crippen LogP contribution in [0.1, 0.15) is 37.1 Å². The monoisotopic (exact) mass is 352 g/mol. The van der Waals surface area contributed by atoms with Gasteiger partial charge in [0, 0.05) is 31.8 Å². The standard InChI is InChI=1S/C20H24N4O2/c1-13(2)26-15-5-4-14-10-21-20(17(14)8-15)18-9-19(23-12-22-18)24-7-6-16(11-24)25-3/h4-5,8-9,12-13,16H,6-7,10-11H2,1-3H3/t16-/m1/s1. The molecule has 4 rings (SSSR count). The van der Waals surface area contributed by atoms with Gasteiger partial charge >= 0.3 is 0 Å². The van der Waals surface area contributed by atoms with E-state index in [1.165, 1.54) is 5.56 Å². The van der Waals surface area contributed by atoms with Gasteiger partial charge in [-0.25, -0.2) is 9.97 Å². The van der Waals surface area contributed by atoms with Crippen molar-refractivity contribution in [3.8, 4) is 5.75 Å². The maximum absolute atomic E-state index is 5.84. The number of methoxy groups -OCH3 is 1. The van der Waals surface area contributed by atoms with Crippen LogP contribution in [0.15, 0.2) is 35.6 Å². The van der Waals surface area contributed by atoms with Crippen molar-refractivity contribution in [2.75, 3.05) is 25.1 Å². The molecule has 1 atom stereocenters. The van der Waals surface area contributed by atoms with E-state index in [1.807, 2.05) is 26.0 Å². The van der Waals surface area contributed by atoms with Crippen molar-refractivity contribution in [1.29, 1.82) is 0 Å². The third-order valence-corrected chi connectivity index (χ3v) is 4.81. The van der Waals surface area contributed by atoms with Crippen LogP contribution < -0.4 is 9.64 Å². The fourth-order valence-electron chi connectivity index (χ4n) is 3.51. The minimum atomic E-state index is 0.143. The Kier molecular flexibility index (Phi) is 4.59. The minimum Gasteiger partial charge on any atom is -0.491 e. The van der Waals surface area contributed by atoms with Gasteiger partial charge in [-0.15, -0.1) is 0 Å². The van der Waals surface area contributed by atoms with E-state index in [2.05, 4.69) is 27.0 Å². The molecule has 0 spiro atoms. The lowest BCUT2D eigenvalue weighted by Gasteiger charge is -2.17. The number of ether oxygens (including phenoxy) is 2. The van der Waals surface area contributed by atoms with E-state index < -0.39 is 0 Å². The summed E-state index contributed by atoms with van der Waals surface area (Å²) in [6.07, 6.45) is 3.06. The zero-order valence-corrected chi connectivity index (χ0v) is 15.5. The lowest BCUT2D eigenvalue weighted by Crippen LogP contribution is -2.23. The van der Waals surface area contributed by atoms with Crippen molar-refractivity contribution >= 4 is 11.5 Å². The Balaban J connectivity index is 1.61. The van der Waals surface area contributed by atoms with Crippen LogP contribution in [0.2, 0.25) is 0 Å². The molecular formula is C20H24N4O2. The summed E-state index contributed by atoms with van der Waals surface area (Å²) in [5, 5.41) is 0. The summed E-state index contributed by atoms with van der Waals surface area (Å²) in [7, 11) is 1.76. The SMILES string of the molecule is CO[C@@H]1CCN(c2cc(C3=NCc4ccc(OC(C)C)cc43)ncn2)C1. The van der Waals surface area contributed by atoms with Crippen LogP contribution in [0, 0.1) is 0 Å². The summed E-state index contributed by atoms with van der Waals surface area (Å²) < 4.78 is 11.3. The normalized spacial score (nSPS) is 19.0. The molecule has 0 radical (unpaired) electrons. The number of aliphatic imine (C=N–C) groups is 1. The number of rotatable bonds is 5. The fourth-order valence-corrected chi connectivity index (χ4v) is 3.51. The van der Waals surface area contributed by atoms with E-state index in [0.717, 1.165) is 48.0 Å². The van der Waals surface area contributed by atoms with E-state index in [1.54, 1.807) is 13.4 Å². The first-order valence-electron chi connectivity index (χ1n) is 9.08. The van der Waals surface area contributed by atoms with E-state index in [4.69, 9.17) is 14.5 Å². The van der Waals surface area contributed by atoms with Crippen molar-refractivity contribution in [3.05, 3.63) is 47.4 Å². The van der Waals surface area contributed by atoms with Gasteiger partial charge in [-0.05, 0) is 38.0 Å². The molecule has 1 saturated heterocycles. The smallest absolute Gasteiger partial charge is 0.132 e. The van der Waals surface area contributed by atoms with Crippen molar-refractivity contribution < 1.29 is 9.47 Å². The summed E-state index contributed by atoms with van der Waals surface area (Å²) in [5.74, 6) is 1.80. The maximum atomic E-state index is 5.84. The molecular weight excluding hydrogens is 328 g/mol. The zero-order valence-electron chi connectivity index (χ0n) is 15.5. The predicted octanol–water partition coefficient (Wildman–Crippen LogP) is 2.84. The van der Waals surface area contributed by atoms with Crippen LogP contribution in [0.4, 0.5) is 5.82 Å². The molecule has 2 aromatic rings. The fraction of sp³-hybridized carbons (Fsp3) is 0.450. The van der Waals surface area contributed by atoms with Gasteiger partial charge < -0.3 is 14.4 Å². The molecule has 3 heterocycles. The van der Waals surface area contributed by atoms with Crippen molar-refractivity contribution in [2.24, 2.45) is 4.99 Å². The highest BCUT2D eigenvalue weighted by Crippen LogP contribution is 2.28. The minimum absolute atomic E-state index is 0.143. The van der Waals surface area contributed by atoms with Crippen LogP contribution in [-0.4, -0.2) is 48.1 Å². The summed E-state index contributed by atoms with van der Waals surface area (Å²) >= 11 is 0. The third kappa shape index (κ3) is 3.29. The molecule has 1 aromatic heterocycles. The molecule has 136 valence electrons. The lowest BCUT2D eigenvalue weighted by molar-refractivity contribution is 0.121. The molecule has 0 aliphatic carbocycles. The molecule has 6 heteroatoms. The topological polar surface area (TPSA) is 59.8 Å². The number of anilines is 1. The number of benzene rings is 1. The molecule has 0 bridgehead atoms. The molecule has 1 fully saturated rings. The molecule has 2 aliphatic heterocycles. The summed E-state index contributed by atoms with van der Waals surface area (Å²) in [6.45, 7) is 6.55. The van der Waals surface area contributed by atoms with Crippen LogP contribution in [0.25, 0.3) is 0 Å². The van der Waals surface area contributed by atoms with Crippen molar-refractivity contribution in [1.82, 2.24) is 9.97 Å². The highest BCUT2D eigenvalue weighted by Gasteiger charge is 2.25. The summed E-state index contributed by atoms with van der Waals surface area (Å²) in [6, 6.07) is 8.20. The highest BCUT2D eigenvalue weighted by molar-refractivity contribution is 6.14. The molecule has 6 nitrogen and oxygen atoms in total. The Bertz CT molecular complexity index is 834. The van der Waals surface area contributed by atoms with Crippen LogP contribution >= 0.6 is 0 Å². The van der Waals surface area contributed by atoms with Crippen molar-refractivity contribution in [3.63, 3.8) is 0 Å². The van der Waals surface area contributed by atoms with Crippen LogP contribution in [0.5, 0.6) is 5.75 Å². The lowest BCUT2D eigenvalue weighted by atomic mass is 10.0.